The lowest BCUT2D eigenvalue weighted by molar-refractivity contribution is 0.0637. The van der Waals surface area contributed by atoms with Crippen molar-refractivity contribution < 1.29 is 14.3 Å². The number of ketones is 1. The number of Topliss-reactive ketones (excluding diaryl/α,β-unsaturated/α-hetero) is 1. The van der Waals surface area contributed by atoms with Crippen LogP contribution in [0, 0.1) is 0 Å². The van der Waals surface area contributed by atoms with Crippen LogP contribution in [0.25, 0.3) is 0 Å². The van der Waals surface area contributed by atoms with Gasteiger partial charge in [-0.05, 0) is 22.9 Å². The summed E-state index contributed by atoms with van der Waals surface area (Å²) in [5.41, 5.74) is 0.614. The normalized spacial score (nSPS) is 10.8. The van der Waals surface area contributed by atoms with Gasteiger partial charge in [-0.2, -0.15) is 5.10 Å². The van der Waals surface area contributed by atoms with Crippen LogP contribution in [0.3, 0.4) is 0 Å². The van der Waals surface area contributed by atoms with Gasteiger partial charge in [-0.25, -0.2) is 0 Å². The quantitative estimate of drug-likeness (QED) is 0.544. The minimum absolute atomic E-state index is 0.0358. The second-order valence-electron chi connectivity index (χ2n) is 3.44. The highest BCUT2D eigenvalue weighted by atomic mass is 79.9. The number of carbonyl (C=O) groups excluding carboxylic acids is 1. The van der Waals surface area contributed by atoms with Crippen molar-refractivity contribution in [2.24, 2.45) is 0 Å². The SMILES string of the molecule is CCn1ncc(Br)c1C(=O)CCOCCOC. The molecule has 0 bridgehead atoms. The number of aromatic nitrogens is 2. The van der Waals surface area contributed by atoms with Crippen LogP contribution in [-0.2, 0) is 16.0 Å². The second-order valence-corrected chi connectivity index (χ2v) is 4.29. The van der Waals surface area contributed by atoms with Crippen LogP contribution in [0.5, 0.6) is 0 Å². The van der Waals surface area contributed by atoms with Crippen LogP contribution in [0.1, 0.15) is 23.8 Å². The molecule has 0 radical (unpaired) electrons. The summed E-state index contributed by atoms with van der Waals surface area (Å²) in [6.07, 6.45) is 2.00. The van der Waals surface area contributed by atoms with Gasteiger partial charge in [0.2, 0.25) is 0 Å². The standard InChI is InChI=1S/C11H17BrN2O3/c1-3-14-11(9(12)8-13-14)10(15)4-5-17-7-6-16-2/h8H,3-7H2,1-2H3. The van der Waals surface area contributed by atoms with E-state index < -0.39 is 0 Å². The molecule has 96 valence electrons. The van der Waals surface area contributed by atoms with Crippen LogP contribution >= 0.6 is 15.9 Å². The molecule has 0 atom stereocenters. The molecule has 17 heavy (non-hydrogen) atoms. The van der Waals surface area contributed by atoms with Gasteiger partial charge in [0.1, 0.15) is 5.69 Å². The average Bonchev–Trinajstić information content (AvgIpc) is 2.70. The Kier molecular flexibility index (Phi) is 6.39. The van der Waals surface area contributed by atoms with Crippen molar-refractivity contribution in [1.29, 1.82) is 0 Å². The van der Waals surface area contributed by atoms with Crippen molar-refractivity contribution in [3.05, 3.63) is 16.4 Å². The summed E-state index contributed by atoms with van der Waals surface area (Å²) >= 11 is 3.33. The van der Waals surface area contributed by atoms with E-state index in [0.29, 0.717) is 38.5 Å². The molecule has 5 nitrogen and oxygen atoms in total. The van der Waals surface area contributed by atoms with Gasteiger partial charge >= 0.3 is 0 Å². The highest BCUT2D eigenvalue weighted by Crippen LogP contribution is 2.17. The predicted octanol–water partition coefficient (Wildman–Crippen LogP) is 1.90. The third-order valence-electron chi connectivity index (χ3n) is 2.26. The van der Waals surface area contributed by atoms with Gasteiger partial charge in [0.05, 0.1) is 30.5 Å². The van der Waals surface area contributed by atoms with Gasteiger partial charge < -0.3 is 9.47 Å². The summed E-state index contributed by atoms with van der Waals surface area (Å²) in [4.78, 5) is 11.9. The summed E-state index contributed by atoms with van der Waals surface area (Å²) in [5.74, 6) is 0.0358. The Bertz CT molecular complexity index is 366. The Morgan fingerprint density at radius 3 is 2.88 bits per heavy atom. The predicted molar refractivity (Wildman–Crippen MR) is 67.2 cm³/mol. The fourth-order valence-corrected chi connectivity index (χ4v) is 1.92. The Morgan fingerprint density at radius 1 is 1.47 bits per heavy atom. The number of methoxy groups -OCH3 is 1. The van der Waals surface area contributed by atoms with Crippen molar-refractivity contribution in [3.8, 4) is 0 Å². The maximum absolute atomic E-state index is 11.9. The lowest BCUT2D eigenvalue weighted by Crippen LogP contribution is -2.13. The van der Waals surface area contributed by atoms with Gasteiger partial charge in [-0.3, -0.25) is 9.48 Å². The molecule has 1 aromatic rings. The van der Waals surface area contributed by atoms with E-state index in [1.54, 1.807) is 18.0 Å². The average molecular weight is 305 g/mol. The van der Waals surface area contributed by atoms with Crippen molar-refractivity contribution >= 4 is 21.7 Å². The zero-order valence-electron chi connectivity index (χ0n) is 10.1. The summed E-state index contributed by atoms with van der Waals surface area (Å²) in [6, 6.07) is 0. The molecule has 6 heteroatoms. The van der Waals surface area contributed by atoms with Crippen LogP contribution in [-0.4, -0.2) is 42.5 Å². The van der Waals surface area contributed by atoms with E-state index in [1.807, 2.05) is 6.92 Å². The van der Waals surface area contributed by atoms with E-state index >= 15 is 0 Å². The van der Waals surface area contributed by atoms with Crippen LogP contribution in [0.2, 0.25) is 0 Å². The molecule has 0 fully saturated rings. The van der Waals surface area contributed by atoms with E-state index in [2.05, 4.69) is 21.0 Å². The van der Waals surface area contributed by atoms with E-state index in [0.717, 1.165) is 4.47 Å². The molecular formula is C11H17BrN2O3. The van der Waals surface area contributed by atoms with Gasteiger partial charge in [0.15, 0.2) is 5.78 Å². The highest BCUT2D eigenvalue weighted by Gasteiger charge is 2.15. The number of carbonyl (C=O) groups is 1. The first-order valence-corrected chi connectivity index (χ1v) is 6.31. The van der Waals surface area contributed by atoms with E-state index in [1.165, 1.54) is 0 Å². The smallest absolute Gasteiger partial charge is 0.184 e. The van der Waals surface area contributed by atoms with E-state index in [9.17, 15) is 4.79 Å². The number of aryl methyl sites for hydroxylation is 1. The van der Waals surface area contributed by atoms with Crippen molar-refractivity contribution in [3.63, 3.8) is 0 Å². The number of rotatable bonds is 8. The van der Waals surface area contributed by atoms with Crippen LogP contribution in [0.4, 0.5) is 0 Å². The minimum Gasteiger partial charge on any atom is -0.382 e. The third-order valence-corrected chi connectivity index (χ3v) is 2.84. The summed E-state index contributed by atoms with van der Waals surface area (Å²) in [7, 11) is 1.62. The van der Waals surface area contributed by atoms with Gasteiger partial charge in [-0.1, -0.05) is 0 Å². The largest absolute Gasteiger partial charge is 0.382 e. The lowest BCUT2D eigenvalue weighted by atomic mass is 10.2. The molecule has 0 saturated heterocycles. The molecule has 0 spiro atoms. The fraction of sp³-hybridized carbons (Fsp3) is 0.636. The Morgan fingerprint density at radius 2 is 2.24 bits per heavy atom. The Labute approximate surface area is 109 Å². The first-order chi connectivity index (χ1) is 8.20. The molecule has 1 heterocycles. The minimum atomic E-state index is 0.0358. The second kappa shape index (κ2) is 7.58. The van der Waals surface area contributed by atoms with Crippen molar-refractivity contribution in [1.82, 2.24) is 9.78 Å². The number of nitrogens with zero attached hydrogens (tertiary/aromatic N) is 2. The monoisotopic (exact) mass is 304 g/mol. The number of halogens is 1. The maximum atomic E-state index is 11.9. The molecule has 0 amide bonds. The molecule has 1 aromatic heterocycles. The van der Waals surface area contributed by atoms with Crippen LogP contribution < -0.4 is 0 Å². The Balaban J connectivity index is 2.44. The molecule has 0 aliphatic heterocycles. The molecule has 1 rings (SSSR count). The van der Waals surface area contributed by atoms with Gasteiger partial charge in [-0.15, -0.1) is 0 Å². The third kappa shape index (κ3) is 4.22. The molecule has 0 saturated carbocycles. The van der Waals surface area contributed by atoms with Crippen molar-refractivity contribution in [2.45, 2.75) is 19.9 Å². The molecule has 0 N–H and O–H groups in total. The van der Waals surface area contributed by atoms with Crippen LogP contribution in [0.15, 0.2) is 10.7 Å². The first kappa shape index (κ1) is 14.3. The number of hydrogen-bond donors (Lipinski definition) is 0. The highest BCUT2D eigenvalue weighted by molar-refractivity contribution is 9.10. The maximum Gasteiger partial charge on any atom is 0.184 e. The lowest BCUT2D eigenvalue weighted by Gasteiger charge is -2.05. The zero-order chi connectivity index (χ0) is 12.7. The summed E-state index contributed by atoms with van der Waals surface area (Å²) in [5, 5.41) is 4.10. The number of ether oxygens (including phenoxy) is 2. The molecular weight excluding hydrogens is 288 g/mol. The van der Waals surface area contributed by atoms with Gasteiger partial charge in [0, 0.05) is 20.1 Å². The van der Waals surface area contributed by atoms with Gasteiger partial charge in [0.25, 0.3) is 0 Å². The molecule has 0 unspecified atom stereocenters. The fourth-order valence-electron chi connectivity index (χ4n) is 1.41. The Hall–Kier alpha value is -0.720. The van der Waals surface area contributed by atoms with E-state index in [4.69, 9.17) is 9.47 Å². The molecule has 0 aliphatic rings. The first-order valence-electron chi connectivity index (χ1n) is 5.51. The topological polar surface area (TPSA) is 53.4 Å². The summed E-state index contributed by atoms with van der Waals surface area (Å²) in [6.45, 7) is 4.09. The van der Waals surface area contributed by atoms with Crippen molar-refractivity contribution in [2.75, 3.05) is 26.9 Å². The van der Waals surface area contributed by atoms with E-state index in [-0.39, 0.29) is 5.78 Å². The zero-order valence-corrected chi connectivity index (χ0v) is 11.7. The molecule has 0 aromatic carbocycles. The number of hydrogen-bond acceptors (Lipinski definition) is 4. The molecule has 0 aliphatic carbocycles. The summed E-state index contributed by atoms with van der Waals surface area (Å²) < 4.78 is 12.5.